The first-order chi connectivity index (χ1) is 14.4. The van der Waals surface area contributed by atoms with Crippen molar-refractivity contribution in [3.63, 3.8) is 0 Å². The smallest absolute Gasteiger partial charge is 0.229 e. The second-order valence-electron chi connectivity index (χ2n) is 9.96. The fourth-order valence-corrected chi connectivity index (χ4v) is 5.04. The maximum Gasteiger partial charge on any atom is 0.229 e. The first kappa shape index (κ1) is 29.9. The van der Waals surface area contributed by atoms with E-state index in [0.717, 1.165) is 25.7 Å². The molecule has 2 amide bonds. The Morgan fingerprint density at radius 1 is 0.645 bits per heavy atom. The van der Waals surface area contributed by atoms with Gasteiger partial charge in [0.2, 0.25) is 11.8 Å². The summed E-state index contributed by atoms with van der Waals surface area (Å²) in [6, 6.07) is -0.823. The van der Waals surface area contributed by atoms with E-state index in [1.54, 1.807) is 0 Å². The molecular weight excluding hydrogens is 392 g/mol. The van der Waals surface area contributed by atoms with Crippen molar-refractivity contribution in [1.29, 1.82) is 0 Å². The fourth-order valence-electron chi connectivity index (χ4n) is 5.04. The molecule has 0 rings (SSSR count). The number of amides is 2. The molecule has 6 nitrogen and oxygen atoms in total. The lowest BCUT2D eigenvalue weighted by Crippen LogP contribution is -2.57. The van der Waals surface area contributed by atoms with E-state index in [2.05, 4.69) is 10.6 Å². The normalized spacial score (nSPS) is 14.6. The number of nitrogens with one attached hydrogen (secondary N) is 2. The minimum atomic E-state index is -0.979. The van der Waals surface area contributed by atoms with Crippen LogP contribution < -0.4 is 10.6 Å². The molecule has 0 aliphatic heterocycles. The van der Waals surface area contributed by atoms with Crippen LogP contribution in [0.25, 0.3) is 0 Å². The molecule has 6 heteroatoms. The average molecular weight is 443 g/mol. The Labute approximate surface area is 191 Å². The molecule has 0 bridgehead atoms. The van der Waals surface area contributed by atoms with Crippen LogP contribution in [0.5, 0.6) is 0 Å². The molecule has 0 aromatic rings. The maximum absolute atomic E-state index is 12.7. The van der Waals surface area contributed by atoms with Crippen LogP contribution in [0.15, 0.2) is 0 Å². The van der Waals surface area contributed by atoms with Crippen molar-refractivity contribution in [3.8, 4) is 0 Å². The minimum Gasteiger partial charge on any atom is -0.388 e. The molecule has 184 valence electrons. The number of rotatable bonds is 16. The van der Waals surface area contributed by atoms with Gasteiger partial charge in [0.05, 0.1) is 23.3 Å². The molecule has 0 aromatic heterocycles. The molecule has 2 unspecified atom stereocenters. The highest BCUT2D eigenvalue weighted by Crippen LogP contribution is 2.29. The first-order valence-electron chi connectivity index (χ1n) is 12.4. The van der Waals surface area contributed by atoms with Gasteiger partial charge in [-0.25, -0.2) is 0 Å². The van der Waals surface area contributed by atoms with Crippen LogP contribution in [0, 0.1) is 11.8 Å². The summed E-state index contributed by atoms with van der Waals surface area (Å²) in [6.45, 7) is 16.0. The van der Waals surface area contributed by atoms with Crippen molar-refractivity contribution in [3.05, 3.63) is 0 Å². The first-order valence-corrected chi connectivity index (χ1v) is 12.4. The third-order valence-electron chi connectivity index (χ3n) is 6.18. The van der Waals surface area contributed by atoms with Gasteiger partial charge in [-0.1, -0.05) is 81.1 Å². The SMILES string of the molecule is CCCC(O)(CCC)C(NC(=O)CC(=O)NC(C(C)C)C(O)(CCC)CCC)C(C)C. The number of carbonyl (C=O) groups is 2. The van der Waals surface area contributed by atoms with Gasteiger partial charge in [0.1, 0.15) is 6.42 Å². The summed E-state index contributed by atoms with van der Waals surface area (Å²) in [5.41, 5.74) is -1.96. The molecular formula is C25H50N2O4. The predicted molar refractivity (Wildman–Crippen MR) is 128 cm³/mol. The molecule has 0 aromatic carbocycles. The molecule has 0 spiro atoms. The van der Waals surface area contributed by atoms with Crippen LogP contribution in [-0.4, -0.2) is 45.3 Å². The maximum atomic E-state index is 12.7. The van der Waals surface area contributed by atoms with Gasteiger partial charge in [0.15, 0.2) is 0 Å². The summed E-state index contributed by atoms with van der Waals surface area (Å²) in [5, 5.41) is 28.3. The highest BCUT2D eigenvalue weighted by atomic mass is 16.3. The third-order valence-corrected chi connectivity index (χ3v) is 6.18. The second-order valence-corrected chi connectivity index (χ2v) is 9.96. The van der Waals surface area contributed by atoms with Crippen molar-refractivity contribution >= 4 is 11.8 Å². The zero-order chi connectivity index (χ0) is 24.2. The predicted octanol–water partition coefficient (Wildman–Crippen LogP) is 4.32. The Bertz CT molecular complexity index is 476. The summed E-state index contributed by atoms with van der Waals surface area (Å²) in [4.78, 5) is 25.5. The second kappa shape index (κ2) is 14.1. The lowest BCUT2D eigenvalue weighted by Gasteiger charge is -2.40. The van der Waals surface area contributed by atoms with Gasteiger partial charge in [-0.2, -0.15) is 0 Å². The van der Waals surface area contributed by atoms with Crippen molar-refractivity contribution in [1.82, 2.24) is 10.6 Å². The van der Waals surface area contributed by atoms with E-state index in [1.807, 2.05) is 55.4 Å². The quantitative estimate of drug-likeness (QED) is 0.268. The largest absolute Gasteiger partial charge is 0.388 e. The van der Waals surface area contributed by atoms with E-state index in [9.17, 15) is 19.8 Å². The van der Waals surface area contributed by atoms with Crippen molar-refractivity contribution in [2.75, 3.05) is 0 Å². The molecule has 0 aliphatic carbocycles. The summed E-state index contributed by atoms with van der Waals surface area (Å²) in [7, 11) is 0. The van der Waals surface area contributed by atoms with Gasteiger partial charge in [-0.05, 0) is 37.5 Å². The van der Waals surface area contributed by atoms with Crippen molar-refractivity contribution in [2.45, 2.75) is 136 Å². The van der Waals surface area contributed by atoms with Crippen molar-refractivity contribution < 1.29 is 19.8 Å². The van der Waals surface area contributed by atoms with E-state index in [1.165, 1.54) is 0 Å². The van der Waals surface area contributed by atoms with Crippen LogP contribution in [0.2, 0.25) is 0 Å². The minimum absolute atomic E-state index is 0.0396. The molecule has 4 N–H and O–H groups in total. The van der Waals surface area contributed by atoms with Crippen LogP contribution in [0.1, 0.15) is 113 Å². The van der Waals surface area contributed by atoms with E-state index < -0.39 is 23.3 Å². The molecule has 0 radical (unpaired) electrons. The van der Waals surface area contributed by atoms with Crippen LogP contribution >= 0.6 is 0 Å². The average Bonchev–Trinajstić information content (AvgIpc) is 2.64. The molecule has 0 fully saturated rings. The number of hydrogen-bond donors (Lipinski definition) is 4. The standard InChI is InChI=1S/C25H50N2O4/c1-9-13-24(30,14-10-2)22(18(5)6)26-20(28)17-21(29)27-23(19(7)8)25(31,15-11-3)16-12-4/h18-19,22-23,30-31H,9-17H2,1-8H3,(H,26,28)(H,27,29). The molecule has 0 saturated heterocycles. The summed E-state index contributed by atoms with van der Waals surface area (Å²) in [6.07, 6.45) is 5.38. The third kappa shape index (κ3) is 9.48. The van der Waals surface area contributed by atoms with Crippen LogP contribution in [0.3, 0.4) is 0 Å². The highest BCUT2D eigenvalue weighted by molar-refractivity contribution is 5.97. The van der Waals surface area contributed by atoms with Gasteiger partial charge in [-0.3, -0.25) is 9.59 Å². The monoisotopic (exact) mass is 442 g/mol. The van der Waals surface area contributed by atoms with Gasteiger partial charge in [-0.15, -0.1) is 0 Å². The summed E-state index contributed by atoms with van der Waals surface area (Å²) in [5.74, 6) is -0.701. The molecule has 0 heterocycles. The van der Waals surface area contributed by atoms with Gasteiger partial charge >= 0.3 is 0 Å². The number of aliphatic hydroxyl groups is 2. The number of hydrogen-bond acceptors (Lipinski definition) is 4. The van der Waals surface area contributed by atoms with Gasteiger partial charge in [0.25, 0.3) is 0 Å². The van der Waals surface area contributed by atoms with E-state index >= 15 is 0 Å². The van der Waals surface area contributed by atoms with E-state index in [-0.39, 0.29) is 30.1 Å². The zero-order valence-electron chi connectivity index (χ0n) is 21.4. The Hall–Kier alpha value is -1.14. The van der Waals surface area contributed by atoms with E-state index in [4.69, 9.17) is 0 Å². The molecule has 2 atom stereocenters. The fraction of sp³-hybridized carbons (Fsp3) is 0.920. The Morgan fingerprint density at radius 3 is 1.10 bits per heavy atom. The lowest BCUT2D eigenvalue weighted by molar-refractivity contribution is -0.134. The van der Waals surface area contributed by atoms with Crippen molar-refractivity contribution in [2.24, 2.45) is 11.8 Å². The summed E-state index contributed by atoms with van der Waals surface area (Å²) >= 11 is 0. The topological polar surface area (TPSA) is 98.7 Å². The Morgan fingerprint density at radius 2 is 0.903 bits per heavy atom. The Kier molecular flexibility index (Phi) is 13.6. The molecule has 31 heavy (non-hydrogen) atoms. The highest BCUT2D eigenvalue weighted by Gasteiger charge is 2.40. The lowest BCUT2D eigenvalue weighted by atomic mass is 9.79. The van der Waals surface area contributed by atoms with E-state index in [0.29, 0.717) is 25.7 Å². The molecule has 0 saturated carbocycles. The van der Waals surface area contributed by atoms with Crippen LogP contribution in [0.4, 0.5) is 0 Å². The van der Waals surface area contributed by atoms with Gasteiger partial charge in [0, 0.05) is 0 Å². The summed E-state index contributed by atoms with van der Waals surface area (Å²) < 4.78 is 0. The zero-order valence-corrected chi connectivity index (χ0v) is 21.4. The molecule has 0 aliphatic rings. The Balaban J connectivity index is 5.32. The number of carbonyl (C=O) groups excluding carboxylic acids is 2. The van der Waals surface area contributed by atoms with Crippen LogP contribution in [-0.2, 0) is 9.59 Å². The van der Waals surface area contributed by atoms with Gasteiger partial charge < -0.3 is 20.8 Å².